The maximum Gasteiger partial charge on any atom is 0.238 e. The third-order valence-corrected chi connectivity index (χ3v) is 5.06. The summed E-state index contributed by atoms with van der Waals surface area (Å²) in [7, 11) is -1.91. The monoisotopic (exact) mass is 374 g/mol. The molecule has 2 aromatic carbocycles. The average molecular weight is 375 g/mol. The number of primary sulfonamides is 1. The maximum absolute atomic E-state index is 11.3. The van der Waals surface area contributed by atoms with Crippen LogP contribution in [0, 0.1) is 13.8 Å². The molecule has 0 fully saturated rings. The molecule has 0 radical (unpaired) electrons. The fraction of sp³-hybridized carbons (Fsp3) is 0.316. The van der Waals surface area contributed by atoms with Gasteiger partial charge in [-0.1, -0.05) is 35.9 Å². The molecular formula is C19H26N4O2S. The highest BCUT2D eigenvalue weighted by Gasteiger charge is 2.07. The molecule has 2 aromatic rings. The molecule has 0 spiro atoms. The fourth-order valence-electron chi connectivity index (χ4n) is 2.61. The van der Waals surface area contributed by atoms with Crippen molar-refractivity contribution in [1.29, 1.82) is 0 Å². The third kappa shape index (κ3) is 5.86. The Bertz CT molecular complexity index is 875. The summed E-state index contributed by atoms with van der Waals surface area (Å²) in [6.45, 7) is 5.57. The first kappa shape index (κ1) is 19.9. The van der Waals surface area contributed by atoms with Crippen molar-refractivity contribution >= 4 is 16.0 Å². The van der Waals surface area contributed by atoms with Gasteiger partial charge in [0.1, 0.15) is 0 Å². The van der Waals surface area contributed by atoms with Gasteiger partial charge in [0, 0.05) is 20.1 Å². The van der Waals surface area contributed by atoms with Crippen molar-refractivity contribution in [2.45, 2.75) is 31.7 Å². The minimum atomic E-state index is -3.64. The van der Waals surface area contributed by atoms with Gasteiger partial charge in [0.25, 0.3) is 0 Å². The van der Waals surface area contributed by atoms with Crippen LogP contribution in [0.5, 0.6) is 0 Å². The lowest BCUT2D eigenvalue weighted by Crippen LogP contribution is -2.38. The van der Waals surface area contributed by atoms with E-state index in [2.05, 4.69) is 47.7 Å². The molecule has 0 bridgehead atoms. The fourth-order valence-corrected chi connectivity index (χ4v) is 3.13. The number of nitrogens with two attached hydrogens (primary N) is 1. The largest absolute Gasteiger partial charge is 0.356 e. The highest BCUT2D eigenvalue weighted by atomic mass is 32.2. The first-order valence-electron chi connectivity index (χ1n) is 8.42. The van der Waals surface area contributed by atoms with Crippen LogP contribution >= 0.6 is 0 Å². The van der Waals surface area contributed by atoms with Gasteiger partial charge in [-0.15, -0.1) is 0 Å². The average Bonchev–Trinajstić information content (AvgIpc) is 2.59. The van der Waals surface area contributed by atoms with Crippen LogP contribution < -0.4 is 15.8 Å². The topological polar surface area (TPSA) is 96.6 Å². The van der Waals surface area contributed by atoms with Gasteiger partial charge in [0.2, 0.25) is 10.0 Å². The second-order valence-electron chi connectivity index (χ2n) is 6.22. The quantitative estimate of drug-likeness (QED) is 0.531. The van der Waals surface area contributed by atoms with Crippen LogP contribution in [0.2, 0.25) is 0 Å². The van der Waals surface area contributed by atoms with Crippen molar-refractivity contribution in [2.75, 3.05) is 13.6 Å². The number of aliphatic imine (C=N–C) groups is 1. The van der Waals surface area contributed by atoms with Gasteiger partial charge in [0.15, 0.2) is 5.96 Å². The minimum Gasteiger partial charge on any atom is -0.356 e. The molecule has 0 aliphatic carbocycles. The normalized spacial score (nSPS) is 12.1. The number of sulfonamides is 1. The van der Waals surface area contributed by atoms with Crippen LogP contribution in [0.15, 0.2) is 52.4 Å². The van der Waals surface area contributed by atoms with E-state index in [4.69, 9.17) is 5.14 Å². The zero-order valence-corrected chi connectivity index (χ0v) is 16.2. The molecule has 140 valence electrons. The molecule has 0 saturated heterocycles. The molecule has 6 nitrogen and oxygen atoms in total. The van der Waals surface area contributed by atoms with Gasteiger partial charge < -0.3 is 10.6 Å². The predicted octanol–water partition coefficient (Wildman–Crippen LogP) is 1.86. The Kier molecular flexibility index (Phi) is 6.76. The summed E-state index contributed by atoms with van der Waals surface area (Å²) in [6, 6.07) is 13.0. The summed E-state index contributed by atoms with van der Waals surface area (Å²) in [5, 5.41) is 11.7. The van der Waals surface area contributed by atoms with Crippen LogP contribution in [0.25, 0.3) is 0 Å². The van der Waals surface area contributed by atoms with E-state index in [0.717, 1.165) is 17.9 Å². The van der Waals surface area contributed by atoms with Gasteiger partial charge in [-0.05, 0) is 49.1 Å². The Balaban J connectivity index is 1.83. The van der Waals surface area contributed by atoms with Crippen LogP contribution in [-0.4, -0.2) is 28.0 Å². The SMILES string of the molecule is CN=C(NCCc1ccc(S(N)(=O)=O)cc1)NCc1ccc(C)cc1C. The van der Waals surface area contributed by atoms with Crippen molar-refractivity contribution in [3.05, 3.63) is 64.7 Å². The molecule has 7 heteroatoms. The first-order chi connectivity index (χ1) is 12.3. The molecule has 0 heterocycles. The van der Waals surface area contributed by atoms with Gasteiger partial charge in [0.05, 0.1) is 4.90 Å². The second kappa shape index (κ2) is 8.82. The summed E-state index contributed by atoms with van der Waals surface area (Å²) in [5.74, 6) is 0.728. The van der Waals surface area contributed by atoms with Gasteiger partial charge in [-0.25, -0.2) is 13.6 Å². The van der Waals surface area contributed by atoms with Crippen molar-refractivity contribution < 1.29 is 8.42 Å². The van der Waals surface area contributed by atoms with E-state index >= 15 is 0 Å². The van der Waals surface area contributed by atoms with Gasteiger partial charge in [-0.2, -0.15) is 0 Å². The van der Waals surface area contributed by atoms with E-state index in [0.29, 0.717) is 13.1 Å². The summed E-state index contributed by atoms with van der Waals surface area (Å²) in [6.07, 6.45) is 0.745. The number of benzene rings is 2. The zero-order chi connectivity index (χ0) is 19.2. The number of hydrogen-bond donors (Lipinski definition) is 3. The molecule has 0 aromatic heterocycles. The Morgan fingerprint density at radius 2 is 1.77 bits per heavy atom. The second-order valence-corrected chi connectivity index (χ2v) is 7.78. The maximum atomic E-state index is 11.3. The Labute approximate surface area is 155 Å². The zero-order valence-electron chi connectivity index (χ0n) is 15.4. The Morgan fingerprint density at radius 3 is 2.35 bits per heavy atom. The molecule has 26 heavy (non-hydrogen) atoms. The molecular weight excluding hydrogens is 348 g/mol. The van der Waals surface area contributed by atoms with Crippen molar-refractivity contribution in [3.8, 4) is 0 Å². The molecule has 0 aliphatic rings. The molecule has 0 aliphatic heterocycles. The van der Waals surface area contributed by atoms with Crippen molar-refractivity contribution in [1.82, 2.24) is 10.6 Å². The molecule has 4 N–H and O–H groups in total. The van der Waals surface area contributed by atoms with E-state index in [1.165, 1.54) is 28.8 Å². The highest BCUT2D eigenvalue weighted by molar-refractivity contribution is 7.89. The minimum absolute atomic E-state index is 0.125. The smallest absolute Gasteiger partial charge is 0.238 e. The summed E-state index contributed by atoms with van der Waals surface area (Å²) in [4.78, 5) is 4.35. The highest BCUT2D eigenvalue weighted by Crippen LogP contribution is 2.10. The van der Waals surface area contributed by atoms with Crippen molar-refractivity contribution in [3.63, 3.8) is 0 Å². The standard InChI is InChI=1S/C19H26N4O2S/c1-14-4-7-17(15(2)12-14)13-23-19(21-3)22-11-10-16-5-8-18(9-6-16)26(20,24)25/h4-9,12H,10-11,13H2,1-3H3,(H2,20,24,25)(H2,21,22,23). The number of hydrogen-bond acceptors (Lipinski definition) is 3. The predicted molar refractivity (Wildman–Crippen MR) is 106 cm³/mol. The van der Waals surface area contributed by atoms with E-state index in [1.54, 1.807) is 19.2 Å². The van der Waals surface area contributed by atoms with Crippen molar-refractivity contribution in [2.24, 2.45) is 10.1 Å². The summed E-state index contributed by atoms with van der Waals surface area (Å²) in [5.41, 5.74) is 4.76. The Hall–Kier alpha value is -2.38. The van der Waals surface area contributed by atoms with Gasteiger partial charge >= 0.3 is 0 Å². The van der Waals surface area contributed by atoms with Crippen LogP contribution in [-0.2, 0) is 23.0 Å². The summed E-state index contributed by atoms with van der Waals surface area (Å²) < 4.78 is 22.5. The number of nitrogens with zero attached hydrogens (tertiary/aromatic N) is 1. The lowest BCUT2D eigenvalue weighted by molar-refractivity contribution is 0.598. The van der Waals surface area contributed by atoms with Gasteiger partial charge in [-0.3, -0.25) is 4.99 Å². The van der Waals surface area contributed by atoms with Crippen LogP contribution in [0.1, 0.15) is 22.3 Å². The van der Waals surface area contributed by atoms with Crippen LogP contribution in [0.3, 0.4) is 0 Å². The van der Waals surface area contributed by atoms with E-state index < -0.39 is 10.0 Å². The molecule has 0 unspecified atom stereocenters. The molecule has 0 amide bonds. The number of aryl methyl sites for hydroxylation is 2. The Morgan fingerprint density at radius 1 is 1.08 bits per heavy atom. The lowest BCUT2D eigenvalue weighted by atomic mass is 10.1. The molecule has 0 saturated carbocycles. The third-order valence-electron chi connectivity index (χ3n) is 4.13. The first-order valence-corrected chi connectivity index (χ1v) is 9.96. The molecule has 2 rings (SSSR count). The number of rotatable bonds is 6. The molecule has 0 atom stereocenters. The van der Waals surface area contributed by atoms with E-state index in [-0.39, 0.29) is 4.90 Å². The number of guanidine groups is 1. The lowest BCUT2D eigenvalue weighted by Gasteiger charge is -2.13. The summed E-state index contributed by atoms with van der Waals surface area (Å²) >= 11 is 0. The van der Waals surface area contributed by atoms with Crippen LogP contribution in [0.4, 0.5) is 0 Å². The van der Waals surface area contributed by atoms with E-state index in [9.17, 15) is 8.42 Å². The number of nitrogens with one attached hydrogen (secondary N) is 2. The van der Waals surface area contributed by atoms with E-state index in [1.807, 2.05) is 0 Å².